The molecule has 17 heavy (non-hydrogen) atoms. The fourth-order valence-corrected chi connectivity index (χ4v) is 2.03. The molecule has 5 heteroatoms. The van der Waals surface area contributed by atoms with Gasteiger partial charge in [0.2, 0.25) is 11.8 Å². The molecule has 1 aliphatic carbocycles. The van der Waals surface area contributed by atoms with Crippen LogP contribution in [0.2, 0.25) is 0 Å². The molecular weight excluding hydrogens is 284 g/mol. The molecule has 0 spiro atoms. The summed E-state index contributed by atoms with van der Waals surface area (Å²) in [4.78, 5) is 23.0. The van der Waals surface area contributed by atoms with Crippen molar-refractivity contribution in [3.05, 3.63) is 34.3 Å². The second-order valence-corrected chi connectivity index (χ2v) is 5.09. The van der Waals surface area contributed by atoms with Crippen LogP contribution < -0.4 is 11.1 Å². The number of nitrogens with two attached hydrogens (primary N) is 1. The highest BCUT2D eigenvalue weighted by molar-refractivity contribution is 9.10. The molecule has 3 N–H and O–H groups in total. The number of rotatable bonds is 4. The quantitative estimate of drug-likeness (QED) is 0.884. The van der Waals surface area contributed by atoms with Crippen molar-refractivity contribution >= 4 is 27.7 Å². The first kappa shape index (κ1) is 12.1. The summed E-state index contributed by atoms with van der Waals surface area (Å²) in [5.41, 5.74) is 6.01. The van der Waals surface area contributed by atoms with Crippen LogP contribution in [0.15, 0.2) is 28.7 Å². The van der Waals surface area contributed by atoms with E-state index in [0.29, 0.717) is 5.56 Å². The van der Waals surface area contributed by atoms with Crippen LogP contribution in [0.5, 0.6) is 0 Å². The zero-order valence-corrected chi connectivity index (χ0v) is 10.7. The molecule has 0 aliphatic heterocycles. The van der Waals surface area contributed by atoms with Gasteiger partial charge < -0.3 is 11.1 Å². The summed E-state index contributed by atoms with van der Waals surface area (Å²) in [6.07, 6.45) is 1.80. The topological polar surface area (TPSA) is 72.2 Å². The third-order valence-electron chi connectivity index (χ3n) is 2.70. The van der Waals surface area contributed by atoms with Crippen LogP contribution in [-0.2, 0) is 9.59 Å². The van der Waals surface area contributed by atoms with Crippen LogP contribution in [0, 0.1) is 5.92 Å². The Morgan fingerprint density at radius 1 is 1.41 bits per heavy atom. The van der Waals surface area contributed by atoms with E-state index in [1.807, 2.05) is 6.07 Å². The minimum atomic E-state index is -0.749. The highest BCUT2D eigenvalue weighted by atomic mass is 79.9. The van der Waals surface area contributed by atoms with Gasteiger partial charge in [0.05, 0.1) is 0 Å². The summed E-state index contributed by atoms with van der Waals surface area (Å²) in [6.45, 7) is 0. The van der Waals surface area contributed by atoms with E-state index in [1.165, 1.54) is 0 Å². The Bertz CT molecular complexity index is 458. The molecule has 1 fully saturated rings. The number of benzene rings is 1. The molecule has 1 aromatic carbocycles. The van der Waals surface area contributed by atoms with Crippen molar-refractivity contribution in [1.82, 2.24) is 5.32 Å². The number of carbonyl (C=O) groups is 2. The van der Waals surface area contributed by atoms with Gasteiger partial charge in [0.25, 0.3) is 0 Å². The van der Waals surface area contributed by atoms with Gasteiger partial charge in [0.1, 0.15) is 6.04 Å². The first-order valence-corrected chi connectivity index (χ1v) is 6.22. The van der Waals surface area contributed by atoms with Crippen LogP contribution in [0.1, 0.15) is 24.4 Å². The van der Waals surface area contributed by atoms with E-state index in [4.69, 9.17) is 5.73 Å². The third kappa shape index (κ3) is 3.06. The van der Waals surface area contributed by atoms with Gasteiger partial charge in [0.15, 0.2) is 0 Å². The van der Waals surface area contributed by atoms with Gasteiger partial charge in [-0.15, -0.1) is 0 Å². The van der Waals surface area contributed by atoms with Gasteiger partial charge in [-0.25, -0.2) is 0 Å². The lowest BCUT2D eigenvalue weighted by Gasteiger charge is -2.15. The molecule has 0 unspecified atom stereocenters. The number of hydrogen-bond acceptors (Lipinski definition) is 2. The van der Waals surface area contributed by atoms with Crippen molar-refractivity contribution in [3.63, 3.8) is 0 Å². The second-order valence-electron chi connectivity index (χ2n) is 4.17. The summed E-state index contributed by atoms with van der Waals surface area (Å²) in [5.74, 6) is -0.574. The average Bonchev–Trinajstić information content (AvgIpc) is 3.08. The zero-order chi connectivity index (χ0) is 12.4. The molecular formula is C12H13BrN2O2. The molecule has 0 bridgehead atoms. The molecule has 90 valence electrons. The zero-order valence-electron chi connectivity index (χ0n) is 9.15. The van der Waals surface area contributed by atoms with Crippen LogP contribution in [0.3, 0.4) is 0 Å². The van der Waals surface area contributed by atoms with Crippen molar-refractivity contribution in [2.45, 2.75) is 18.9 Å². The Kier molecular flexibility index (Phi) is 3.47. The summed E-state index contributed by atoms with van der Waals surface area (Å²) < 4.78 is 0.849. The first-order valence-electron chi connectivity index (χ1n) is 5.43. The van der Waals surface area contributed by atoms with E-state index >= 15 is 0 Å². The predicted octanol–water partition coefficient (Wildman–Crippen LogP) is 1.50. The molecule has 1 atom stereocenters. The molecule has 0 heterocycles. The van der Waals surface area contributed by atoms with E-state index < -0.39 is 11.9 Å². The molecule has 2 rings (SSSR count). The lowest BCUT2D eigenvalue weighted by molar-refractivity contribution is -0.128. The van der Waals surface area contributed by atoms with Crippen molar-refractivity contribution in [2.75, 3.05) is 0 Å². The maximum Gasteiger partial charge on any atom is 0.244 e. The Morgan fingerprint density at radius 2 is 2.12 bits per heavy atom. The largest absolute Gasteiger partial charge is 0.368 e. The Balaban J connectivity index is 2.16. The monoisotopic (exact) mass is 296 g/mol. The van der Waals surface area contributed by atoms with Crippen molar-refractivity contribution in [1.29, 1.82) is 0 Å². The average molecular weight is 297 g/mol. The maximum atomic E-state index is 11.6. The van der Waals surface area contributed by atoms with E-state index in [0.717, 1.165) is 17.3 Å². The molecule has 2 amide bonds. The fraction of sp³-hybridized carbons (Fsp3) is 0.333. The number of nitrogens with one attached hydrogen (secondary N) is 1. The van der Waals surface area contributed by atoms with Gasteiger partial charge in [-0.05, 0) is 30.5 Å². The lowest BCUT2D eigenvalue weighted by Crippen LogP contribution is -2.38. The van der Waals surface area contributed by atoms with Gasteiger partial charge in [-0.1, -0.05) is 28.1 Å². The van der Waals surface area contributed by atoms with Gasteiger partial charge in [0, 0.05) is 10.4 Å². The maximum absolute atomic E-state index is 11.6. The van der Waals surface area contributed by atoms with Crippen LogP contribution in [0.25, 0.3) is 0 Å². The Hall–Kier alpha value is -1.36. The molecule has 0 radical (unpaired) electrons. The predicted molar refractivity (Wildman–Crippen MR) is 66.9 cm³/mol. The lowest BCUT2D eigenvalue weighted by atomic mass is 10.1. The Morgan fingerprint density at radius 3 is 2.65 bits per heavy atom. The Labute approximate surface area is 108 Å². The van der Waals surface area contributed by atoms with Gasteiger partial charge in [-0.3, -0.25) is 9.59 Å². The van der Waals surface area contributed by atoms with Crippen molar-refractivity contribution in [2.24, 2.45) is 11.7 Å². The van der Waals surface area contributed by atoms with Gasteiger partial charge >= 0.3 is 0 Å². The fourth-order valence-electron chi connectivity index (χ4n) is 1.61. The molecule has 0 aromatic heterocycles. The number of hydrogen-bond donors (Lipinski definition) is 2. The number of amides is 2. The summed E-state index contributed by atoms with van der Waals surface area (Å²) in [6, 6.07) is 6.46. The SMILES string of the molecule is NC(=O)[C@@H](NC(=O)C1CC1)c1cccc(Br)c1. The summed E-state index contributed by atoms with van der Waals surface area (Å²) >= 11 is 3.32. The molecule has 1 aromatic rings. The van der Waals surface area contributed by atoms with E-state index in [1.54, 1.807) is 18.2 Å². The van der Waals surface area contributed by atoms with Crippen LogP contribution in [0.4, 0.5) is 0 Å². The normalized spacial score (nSPS) is 16.3. The number of halogens is 1. The minimum absolute atomic E-state index is 0.0593. The van der Waals surface area contributed by atoms with Gasteiger partial charge in [-0.2, -0.15) is 0 Å². The van der Waals surface area contributed by atoms with Crippen molar-refractivity contribution < 1.29 is 9.59 Å². The standard InChI is InChI=1S/C12H13BrN2O2/c13-9-3-1-2-8(6-9)10(11(14)16)15-12(17)7-4-5-7/h1-3,6-7,10H,4-5H2,(H2,14,16)(H,15,17)/t10-/m0/s1. The van der Waals surface area contributed by atoms with Crippen molar-refractivity contribution in [3.8, 4) is 0 Å². The van der Waals surface area contributed by atoms with E-state index in [2.05, 4.69) is 21.2 Å². The van der Waals surface area contributed by atoms with Crippen LogP contribution >= 0.6 is 15.9 Å². The highest BCUT2D eigenvalue weighted by Gasteiger charge is 2.32. The molecule has 4 nitrogen and oxygen atoms in total. The number of carbonyl (C=O) groups excluding carboxylic acids is 2. The molecule has 1 saturated carbocycles. The van der Waals surface area contributed by atoms with E-state index in [-0.39, 0.29) is 11.8 Å². The molecule has 1 aliphatic rings. The molecule has 0 saturated heterocycles. The first-order chi connectivity index (χ1) is 8.08. The third-order valence-corrected chi connectivity index (χ3v) is 3.19. The number of primary amides is 1. The minimum Gasteiger partial charge on any atom is -0.368 e. The smallest absolute Gasteiger partial charge is 0.244 e. The summed E-state index contributed by atoms with van der Waals surface area (Å²) in [5, 5.41) is 2.69. The van der Waals surface area contributed by atoms with E-state index in [9.17, 15) is 9.59 Å². The highest BCUT2D eigenvalue weighted by Crippen LogP contribution is 2.30. The second kappa shape index (κ2) is 4.87. The summed E-state index contributed by atoms with van der Waals surface area (Å²) in [7, 11) is 0. The van der Waals surface area contributed by atoms with Crippen LogP contribution in [-0.4, -0.2) is 11.8 Å².